The second-order valence-corrected chi connectivity index (χ2v) is 7.29. The molecule has 0 atom stereocenters. The molecule has 3 aromatic rings. The lowest BCUT2D eigenvalue weighted by molar-refractivity contribution is 0.602. The Bertz CT molecular complexity index is 858. The Balaban J connectivity index is 1.73. The highest BCUT2D eigenvalue weighted by atomic mass is 32.2. The molecule has 1 aromatic carbocycles. The van der Waals surface area contributed by atoms with Crippen molar-refractivity contribution in [1.29, 1.82) is 0 Å². The number of nitrogens with one attached hydrogen (secondary N) is 1. The van der Waals surface area contributed by atoms with Gasteiger partial charge in [0.15, 0.2) is 0 Å². The van der Waals surface area contributed by atoms with Crippen molar-refractivity contribution in [3.05, 3.63) is 59.5 Å². The first-order valence-electron chi connectivity index (χ1n) is 6.23. The lowest BCUT2D eigenvalue weighted by Gasteiger charge is -2.02. The van der Waals surface area contributed by atoms with Crippen LogP contribution in [0.1, 0.15) is 5.56 Å². The molecule has 0 unspecified atom stereocenters. The van der Waals surface area contributed by atoms with Crippen molar-refractivity contribution in [2.45, 2.75) is 10.8 Å². The van der Waals surface area contributed by atoms with E-state index in [0.717, 1.165) is 16.9 Å². The minimum absolute atomic E-state index is 0.00416. The van der Waals surface area contributed by atoms with E-state index in [2.05, 4.69) is 14.8 Å². The number of sulfonamides is 1. The molecule has 2 heterocycles. The maximum Gasteiger partial charge on any atom is 0.273 e. The van der Waals surface area contributed by atoms with Crippen molar-refractivity contribution in [2.24, 2.45) is 0 Å². The molecule has 0 aliphatic heterocycles. The molecule has 0 aliphatic carbocycles. The van der Waals surface area contributed by atoms with E-state index in [9.17, 15) is 12.8 Å². The van der Waals surface area contributed by atoms with Gasteiger partial charge in [0.25, 0.3) is 16.0 Å². The monoisotopic (exact) mass is 338 g/mol. The Morgan fingerprint density at radius 1 is 1.23 bits per heavy atom. The molecule has 22 heavy (non-hydrogen) atoms. The maximum atomic E-state index is 12.8. The number of rotatable bonds is 5. The average Bonchev–Trinajstić information content (AvgIpc) is 3.13. The zero-order chi connectivity index (χ0) is 15.6. The first kappa shape index (κ1) is 14.7. The summed E-state index contributed by atoms with van der Waals surface area (Å²) in [5.74, 6) is -0.317. The molecule has 0 spiro atoms. The average molecular weight is 338 g/mol. The summed E-state index contributed by atoms with van der Waals surface area (Å²) in [6, 6.07) is 9.13. The molecule has 9 heteroatoms. The van der Waals surface area contributed by atoms with Gasteiger partial charge in [-0.25, -0.2) is 22.2 Å². The molecule has 0 radical (unpaired) electrons. The minimum Gasteiger partial charge on any atom is -0.246 e. The lowest BCUT2D eigenvalue weighted by atomic mass is 10.2. The summed E-state index contributed by atoms with van der Waals surface area (Å²) in [5, 5.41) is 5.72. The standard InChI is InChI=1S/C13H11FN4O2S2/c14-11-5-3-10(4-6-11)8-18-9-15-13(16-18)17-22(19,20)12-2-1-7-21-12/h1-7,9H,8H2,(H,16,17). The van der Waals surface area contributed by atoms with Gasteiger partial charge in [0.05, 0.1) is 6.54 Å². The predicted molar refractivity (Wildman–Crippen MR) is 80.7 cm³/mol. The van der Waals surface area contributed by atoms with Crippen LogP contribution in [0.5, 0.6) is 0 Å². The van der Waals surface area contributed by atoms with E-state index in [1.165, 1.54) is 29.2 Å². The summed E-state index contributed by atoms with van der Waals surface area (Å²) in [5.41, 5.74) is 0.832. The van der Waals surface area contributed by atoms with Gasteiger partial charge in [-0.1, -0.05) is 18.2 Å². The fourth-order valence-corrected chi connectivity index (χ4v) is 3.72. The second kappa shape index (κ2) is 5.85. The Labute approximate surface area is 130 Å². The quantitative estimate of drug-likeness (QED) is 0.774. The van der Waals surface area contributed by atoms with Crippen molar-refractivity contribution in [2.75, 3.05) is 4.72 Å². The van der Waals surface area contributed by atoms with Crippen LogP contribution in [0.4, 0.5) is 10.3 Å². The predicted octanol–water partition coefficient (Wildman–Crippen LogP) is 2.33. The number of nitrogens with zero attached hydrogens (tertiary/aromatic N) is 3. The molecular formula is C13H11FN4O2S2. The SMILES string of the molecule is O=S(=O)(Nc1ncn(Cc2ccc(F)cc2)n1)c1cccs1. The molecule has 0 bridgehead atoms. The van der Waals surface area contributed by atoms with Crippen LogP contribution in [-0.4, -0.2) is 23.2 Å². The van der Waals surface area contributed by atoms with E-state index in [1.54, 1.807) is 23.6 Å². The first-order chi connectivity index (χ1) is 10.5. The number of thiophene rings is 1. The fourth-order valence-electron chi connectivity index (χ4n) is 1.78. The Morgan fingerprint density at radius 3 is 2.68 bits per heavy atom. The number of hydrogen-bond acceptors (Lipinski definition) is 5. The van der Waals surface area contributed by atoms with Gasteiger partial charge in [-0.3, -0.25) is 0 Å². The van der Waals surface area contributed by atoms with Crippen LogP contribution in [0.25, 0.3) is 0 Å². The Morgan fingerprint density at radius 2 is 2.00 bits per heavy atom. The molecule has 2 aromatic heterocycles. The largest absolute Gasteiger partial charge is 0.273 e. The highest BCUT2D eigenvalue weighted by Crippen LogP contribution is 2.18. The summed E-state index contributed by atoms with van der Waals surface area (Å²) in [6.07, 6.45) is 1.41. The van der Waals surface area contributed by atoms with Crippen LogP contribution >= 0.6 is 11.3 Å². The Kier molecular flexibility index (Phi) is 3.90. The number of aromatic nitrogens is 3. The fraction of sp³-hybridized carbons (Fsp3) is 0.0769. The molecule has 0 saturated heterocycles. The molecule has 0 aliphatic rings. The van der Waals surface area contributed by atoms with Crippen LogP contribution < -0.4 is 4.72 Å². The third kappa shape index (κ3) is 3.31. The third-order valence-corrected chi connectivity index (χ3v) is 5.51. The van der Waals surface area contributed by atoms with Crippen molar-refractivity contribution in [3.8, 4) is 0 Å². The molecule has 6 nitrogen and oxygen atoms in total. The normalized spacial score (nSPS) is 11.5. The number of anilines is 1. The summed E-state index contributed by atoms with van der Waals surface area (Å²) in [7, 11) is -3.65. The van der Waals surface area contributed by atoms with Gasteiger partial charge >= 0.3 is 0 Å². The summed E-state index contributed by atoms with van der Waals surface area (Å²) in [6.45, 7) is 0.369. The lowest BCUT2D eigenvalue weighted by Crippen LogP contribution is -2.13. The third-order valence-electron chi connectivity index (χ3n) is 2.78. The summed E-state index contributed by atoms with van der Waals surface area (Å²) < 4.78 is 40.9. The number of halogens is 1. The molecule has 0 fully saturated rings. The van der Waals surface area contributed by atoms with Crippen molar-refractivity contribution in [3.63, 3.8) is 0 Å². The first-order valence-corrected chi connectivity index (χ1v) is 8.59. The van der Waals surface area contributed by atoms with Crippen LogP contribution in [0.3, 0.4) is 0 Å². The van der Waals surface area contributed by atoms with Gasteiger partial charge in [0.1, 0.15) is 16.4 Å². The second-order valence-electron chi connectivity index (χ2n) is 4.43. The minimum atomic E-state index is -3.65. The van der Waals surface area contributed by atoms with Gasteiger partial charge in [0.2, 0.25) is 0 Å². The summed E-state index contributed by atoms with van der Waals surface area (Å²) >= 11 is 1.11. The molecular weight excluding hydrogens is 327 g/mol. The van der Waals surface area contributed by atoms with E-state index < -0.39 is 10.0 Å². The topological polar surface area (TPSA) is 76.9 Å². The van der Waals surface area contributed by atoms with Crippen molar-refractivity contribution >= 4 is 27.3 Å². The summed E-state index contributed by atoms with van der Waals surface area (Å²) in [4.78, 5) is 3.92. The van der Waals surface area contributed by atoms with Crippen LogP contribution in [0, 0.1) is 5.82 Å². The van der Waals surface area contributed by atoms with Crippen molar-refractivity contribution in [1.82, 2.24) is 14.8 Å². The number of hydrogen-bond donors (Lipinski definition) is 1. The van der Waals surface area contributed by atoms with Gasteiger partial charge in [-0.15, -0.1) is 16.4 Å². The van der Waals surface area contributed by atoms with Gasteiger partial charge in [-0.2, -0.15) is 4.98 Å². The molecule has 1 N–H and O–H groups in total. The maximum absolute atomic E-state index is 12.8. The van der Waals surface area contributed by atoms with Gasteiger partial charge in [-0.05, 0) is 29.1 Å². The molecule has 0 amide bonds. The van der Waals surface area contributed by atoms with E-state index in [4.69, 9.17) is 0 Å². The van der Waals surface area contributed by atoms with E-state index in [0.29, 0.717) is 6.54 Å². The van der Waals surface area contributed by atoms with Crippen LogP contribution in [-0.2, 0) is 16.6 Å². The van der Waals surface area contributed by atoms with E-state index >= 15 is 0 Å². The highest BCUT2D eigenvalue weighted by Gasteiger charge is 2.17. The molecule has 0 saturated carbocycles. The molecule has 3 rings (SSSR count). The van der Waals surface area contributed by atoms with Gasteiger partial charge < -0.3 is 0 Å². The molecule has 114 valence electrons. The Hall–Kier alpha value is -2.26. The van der Waals surface area contributed by atoms with E-state index in [1.807, 2.05) is 0 Å². The van der Waals surface area contributed by atoms with Crippen LogP contribution in [0.2, 0.25) is 0 Å². The smallest absolute Gasteiger partial charge is 0.246 e. The van der Waals surface area contributed by atoms with E-state index in [-0.39, 0.29) is 16.0 Å². The number of benzene rings is 1. The van der Waals surface area contributed by atoms with Crippen LogP contribution in [0.15, 0.2) is 52.3 Å². The van der Waals surface area contributed by atoms with Gasteiger partial charge in [0, 0.05) is 0 Å². The highest BCUT2D eigenvalue weighted by molar-refractivity contribution is 7.94. The van der Waals surface area contributed by atoms with Crippen molar-refractivity contribution < 1.29 is 12.8 Å². The zero-order valence-corrected chi connectivity index (χ0v) is 12.8. The zero-order valence-electron chi connectivity index (χ0n) is 11.2.